The monoisotopic (exact) mass is 223 g/mol. The molecule has 0 spiro atoms. The van der Waals surface area contributed by atoms with Gasteiger partial charge in [0.05, 0.1) is 5.75 Å². The number of nitrogens with zero attached hydrogens (tertiary/aromatic N) is 3. The highest BCUT2D eigenvalue weighted by Crippen LogP contribution is 2.09. The molecule has 0 aromatic carbocycles. The fourth-order valence-electron chi connectivity index (χ4n) is 1.30. The lowest BCUT2D eigenvalue weighted by molar-refractivity contribution is 0.0687. The van der Waals surface area contributed by atoms with Crippen molar-refractivity contribution in [2.24, 2.45) is 0 Å². The first kappa shape index (κ1) is 9.97. The third-order valence-corrected chi connectivity index (χ3v) is 2.44. The normalized spacial score (nSPS) is 10.7. The highest BCUT2D eigenvalue weighted by atomic mass is 32.2. The van der Waals surface area contributed by atoms with E-state index in [4.69, 9.17) is 5.11 Å². The standard InChI is InChI=1S/C9H9N3O2S/c1-15-5-7-10-8-4-2-3-6(9(13)14)12(8)11-7/h2-4H,5H2,1H3,(H,13,14). The van der Waals surface area contributed by atoms with Crippen LogP contribution in [0.4, 0.5) is 0 Å². The first-order valence-corrected chi connectivity index (χ1v) is 5.68. The van der Waals surface area contributed by atoms with E-state index in [-0.39, 0.29) is 5.69 Å². The van der Waals surface area contributed by atoms with Crippen LogP contribution in [0, 0.1) is 0 Å². The maximum atomic E-state index is 10.9. The number of hydrogen-bond donors (Lipinski definition) is 1. The Morgan fingerprint density at radius 2 is 2.40 bits per heavy atom. The molecule has 6 heteroatoms. The van der Waals surface area contributed by atoms with Crippen LogP contribution in [0.15, 0.2) is 18.2 Å². The Balaban J connectivity index is 2.59. The summed E-state index contributed by atoms with van der Waals surface area (Å²) in [5.41, 5.74) is 0.700. The molecule has 0 aliphatic carbocycles. The summed E-state index contributed by atoms with van der Waals surface area (Å²) in [6.45, 7) is 0. The zero-order chi connectivity index (χ0) is 10.8. The number of fused-ring (bicyclic) bond motifs is 1. The fourth-order valence-corrected chi connectivity index (χ4v) is 1.68. The highest BCUT2D eigenvalue weighted by Gasteiger charge is 2.11. The average molecular weight is 223 g/mol. The van der Waals surface area contributed by atoms with Gasteiger partial charge < -0.3 is 5.11 Å². The minimum Gasteiger partial charge on any atom is -0.477 e. The number of aromatic nitrogens is 3. The minimum atomic E-state index is -0.999. The van der Waals surface area contributed by atoms with Gasteiger partial charge in [0, 0.05) is 0 Å². The van der Waals surface area contributed by atoms with Gasteiger partial charge in [-0.25, -0.2) is 14.3 Å². The van der Waals surface area contributed by atoms with Gasteiger partial charge in [0.2, 0.25) is 0 Å². The molecular weight excluding hydrogens is 214 g/mol. The van der Waals surface area contributed by atoms with Crippen LogP contribution in [0.2, 0.25) is 0 Å². The molecule has 2 aromatic heterocycles. The second-order valence-corrected chi connectivity index (χ2v) is 3.81. The Hall–Kier alpha value is -1.56. The van der Waals surface area contributed by atoms with Crippen LogP contribution in [-0.2, 0) is 5.75 Å². The Labute approximate surface area is 90.1 Å². The summed E-state index contributed by atoms with van der Waals surface area (Å²) in [6, 6.07) is 4.91. The van der Waals surface area contributed by atoms with Crippen molar-refractivity contribution < 1.29 is 9.90 Å². The van der Waals surface area contributed by atoms with Crippen molar-refractivity contribution in [1.82, 2.24) is 14.6 Å². The van der Waals surface area contributed by atoms with E-state index in [0.29, 0.717) is 17.2 Å². The second kappa shape index (κ2) is 3.90. The molecule has 0 aliphatic heterocycles. The Kier molecular flexibility index (Phi) is 2.59. The van der Waals surface area contributed by atoms with E-state index < -0.39 is 5.97 Å². The van der Waals surface area contributed by atoms with Gasteiger partial charge in [0.25, 0.3) is 0 Å². The summed E-state index contributed by atoms with van der Waals surface area (Å²) in [5, 5.41) is 13.1. The average Bonchev–Trinajstić information content (AvgIpc) is 2.59. The third kappa shape index (κ3) is 1.80. The van der Waals surface area contributed by atoms with Gasteiger partial charge in [-0.3, -0.25) is 0 Å². The topological polar surface area (TPSA) is 67.5 Å². The lowest BCUT2D eigenvalue weighted by atomic mass is 10.3. The SMILES string of the molecule is CSCc1nc2cccc(C(=O)O)n2n1. The highest BCUT2D eigenvalue weighted by molar-refractivity contribution is 7.97. The molecule has 0 amide bonds. The molecule has 0 unspecified atom stereocenters. The molecule has 15 heavy (non-hydrogen) atoms. The van der Waals surface area contributed by atoms with Gasteiger partial charge in [-0.1, -0.05) is 6.07 Å². The Morgan fingerprint density at radius 1 is 1.60 bits per heavy atom. The Morgan fingerprint density at radius 3 is 3.07 bits per heavy atom. The van der Waals surface area contributed by atoms with Gasteiger partial charge in [0.1, 0.15) is 0 Å². The van der Waals surface area contributed by atoms with Gasteiger partial charge in [-0.05, 0) is 18.4 Å². The van der Waals surface area contributed by atoms with Gasteiger partial charge in [-0.2, -0.15) is 11.8 Å². The minimum absolute atomic E-state index is 0.132. The quantitative estimate of drug-likeness (QED) is 0.849. The molecule has 1 N–H and O–H groups in total. The van der Waals surface area contributed by atoms with Crippen LogP contribution in [-0.4, -0.2) is 31.9 Å². The van der Waals surface area contributed by atoms with Crippen molar-refractivity contribution in [1.29, 1.82) is 0 Å². The summed E-state index contributed by atoms with van der Waals surface area (Å²) >= 11 is 1.60. The first-order valence-electron chi connectivity index (χ1n) is 4.29. The van der Waals surface area contributed by atoms with Crippen molar-refractivity contribution >= 4 is 23.4 Å². The smallest absolute Gasteiger partial charge is 0.354 e. The Bertz CT molecular complexity index is 509. The summed E-state index contributed by atoms with van der Waals surface area (Å²) in [5.74, 6) is 0.332. The number of carbonyl (C=O) groups is 1. The number of rotatable bonds is 3. The number of pyridine rings is 1. The molecule has 78 valence electrons. The molecule has 0 saturated heterocycles. The summed E-state index contributed by atoms with van der Waals surface area (Å²) in [6.07, 6.45) is 1.95. The summed E-state index contributed by atoms with van der Waals surface area (Å²) in [7, 11) is 0. The van der Waals surface area contributed by atoms with Crippen molar-refractivity contribution in [3.8, 4) is 0 Å². The third-order valence-electron chi connectivity index (χ3n) is 1.90. The second-order valence-electron chi connectivity index (χ2n) is 2.95. The lowest BCUT2D eigenvalue weighted by Crippen LogP contribution is -2.05. The maximum absolute atomic E-state index is 10.9. The van der Waals surface area contributed by atoms with Crippen LogP contribution in [0.1, 0.15) is 16.3 Å². The van der Waals surface area contributed by atoms with Crippen LogP contribution in [0.5, 0.6) is 0 Å². The van der Waals surface area contributed by atoms with Crippen LogP contribution in [0.25, 0.3) is 5.65 Å². The molecular formula is C9H9N3O2S. The molecule has 0 atom stereocenters. The summed E-state index contributed by atoms with van der Waals surface area (Å²) in [4.78, 5) is 15.1. The maximum Gasteiger partial charge on any atom is 0.354 e. The van der Waals surface area contributed by atoms with Crippen molar-refractivity contribution in [3.05, 3.63) is 29.7 Å². The van der Waals surface area contributed by atoms with Crippen LogP contribution < -0.4 is 0 Å². The summed E-state index contributed by atoms with van der Waals surface area (Å²) < 4.78 is 1.36. The number of carboxylic acids is 1. The van der Waals surface area contributed by atoms with Crippen LogP contribution >= 0.6 is 11.8 Å². The van der Waals surface area contributed by atoms with Gasteiger partial charge in [-0.15, -0.1) is 5.10 Å². The van der Waals surface area contributed by atoms with Crippen molar-refractivity contribution in [2.75, 3.05) is 6.26 Å². The van der Waals surface area contributed by atoms with Gasteiger partial charge >= 0.3 is 5.97 Å². The molecule has 0 saturated carbocycles. The zero-order valence-corrected chi connectivity index (χ0v) is 8.86. The van der Waals surface area contributed by atoms with E-state index in [2.05, 4.69) is 10.1 Å². The predicted molar refractivity (Wildman–Crippen MR) is 57.2 cm³/mol. The molecule has 2 heterocycles. The molecule has 0 fully saturated rings. The molecule has 5 nitrogen and oxygen atoms in total. The predicted octanol–water partition coefficient (Wildman–Crippen LogP) is 1.29. The number of hydrogen-bond acceptors (Lipinski definition) is 4. The van der Waals surface area contributed by atoms with E-state index in [1.807, 2.05) is 6.26 Å². The lowest BCUT2D eigenvalue weighted by Gasteiger charge is -1.96. The molecule has 2 rings (SSSR count). The van der Waals surface area contributed by atoms with E-state index in [9.17, 15) is 4.79 Å². The van der Waals surface area contributed by atoms with Crippen LogP contribution in [0.3, 0.4) is 0 Å². The molecule has 0 bridgehead atoms. The van der Waals surface area contributed by atoms with E-state index in [1.54, 1.807) is 23.9 Å². The zero-order valence-electron chi connectivity index (χ0n) is 8.04. The van der Waals surface area contributed by atoms with Crippen molar-refractivity contribution in [3.63, 3.8) is 0 Å². The van der Waals surface area contributed by atoms with Gasteiger partial charge in [0.15, 0.2) is 17.2 Å². The van der Waals surface area contributed by atoms with E-state index in [1.165, 1.54) is 10.6 Å². The van der Waals surface area contributed by atoms with Crippen molar-refractivity contribution in [2.45, 2.75) is 5.75 Å². The fraction of sp³-hybridized carbons (Fsp3) is 0.222. The largest absolute Gasteiger partial charge is 0.477 e. The molecule has 0 radical (unpaired) electrons. The number of carboxylic acid groups (broad SMARTS) is 1. The van der Waals surface area contributed by atoms with E-state index >= 15 is 0 Å². The molecule has 0 aliphatic rings. The molecule has 2 aromatic rings. The number of aromatic carboxylic acids is 1. The first-order chi connectivity index (χ1) is 7.22. The number of thioether (sulfide) groups is 1. The van der Waals surface area contributed by atoms with E-state index in [0.717, 1.165) is 0 Å².